The normalized spacial score (nSPS) is 12.8. The zero-order valence-electron chi connectivity index (χ0n) is 33.8. The van der Waals surface area contributed by atoms with Crippen LogP contribution in [-0.2, 0) is 74.2 Å². The predicted octanol–water partition coefficient (Wildman–Crippen LogP) is 2.80. The van der Waals surface area contributed by atoms with Gasteiger partial charge >= 0.3 is 10.4 Å². The summed E-state index contributed by atoms with van der Waals surface area (Å²) in [4.78, 5) is 31.8. The highest BCUT2D eigenvalue weighted by Gasteiger charge is 2.28. The van der Waals surface area contributed by atoms with E-state index in [1.54, 1.807) is 0 Å². The van der Waals surface area contributed by atoms with Gasteiger partial charge in [-0.15, -0.1) is 21.8 Å². The van der Waals surface area contributed by atoms with Crippen molar-refractivity contribution in [2.75, 3.05) is 51.0 Å². The fourth-order valence-electron chi connectivity index (χ4n) is 5.26. The summed E-state index contributed by atoms with van der Waals surface area (Å²) in [6.45, 7) is -0.0836. The first-order valence-corrected chi connectivity index (χ1v) is 27.9. The number of benzene rings is 3. The quantitative estimate of drug-likeness (QED) is 0.0236. The summed E-state index contributed by atoms with van der Waals surface area (Å²) in [6.07, 6.45) is -0.789. The fraction of sp³-hybridized carbons (Fsp3) is 0.258. The lowest BCUT2D eigenvalue weighted by molar-refractivity contribution is -0.116. The van der Waals surface area contributed by atoms with Crippen molar-refractivity contribution in [2.24, 2.45) is 10.2 Å². The number of phenols is 1. The first-order chi connectivity index (χ1) is 31.2. The molecule has 1 heterocycles. The molecule has 0 aliphatic heterocycles. The van der Waals surface area contributed by atoms with Crippen LogP contribution in [-0.4, -0.2) is 130 Å². The van der Waals surface area contributed by atoms with Crippen molar-refractivity contribution in [1.29, 1.82) is 0 Å². The molecule has 68 heavy (non-hydrogen) atoms. The van der Waals surface area contributed by atoms with E-state index in [9.17, 15) is 78.9 Å². The standard InChI is InChI=1S/C31H33Cl2N9O20S6/c1-16(43)34-20-11-17(35-30-38-29(33)39-31(40-30)37-23-12-18(13-26(28(23)45)67(56,57)58)64(48,49)10-7-62-68(59,60)61)4-5-19(20)41-42-22-15-24(65(50,51)52)21(14-25(22)66(53,54)55)36-27(44)3-2-8-63(46,47)9-6-32/h4-5,11-15,45H,2-3,6-10H2,1H3,(H,34,43)(H,36,44)(H,50,51,52)(H,53,54,55)(H,56,57,58)(H,59,60,61)(H2,35,37,38,39,40). The van der Waals surface area contributed by atoms with Crippen LogP contribution >= 0.6 is 23.2 Å². The van der Waals surface area contributed by atoms with Crippen molar-refractivity contribution in [1.82, 2.24) is 15.0 Å². The van der Waals surface area contributed by atoms with Crippen LogP contribution in [0.1, 0.15) is 19.8 Å². The average molecular weight is 1110 g/mol. The number of carbonyl (C=O) groups excluding carboxylic acids is 2. The number of aromatic hydroxyl groups is 1. The second-order valence-electron chi connectivity index (χ2n) is 13.2. The number of rotatable bonds is 22. The molecule has 3 aromatic carbocycles. The number of hydrogen-bond acceptors (Lipinski definition) is 23. The summed E-state index contributed by atoms with van der Waals surface area (Å²) in [6, 6.07) is 5.30. The molecular formula is C31H33Cl2N9O20S6. The molecule has 372 valence electrons. The Bertz CT molecular complexity index is 3380. The Kier molecular flexibility index (Phi) is 17.5. The second kappa shape index (κ2) is 21.5. The maximum Gasteiger partial charge on any atom is 0.397 e. The summed E-state index contributed by atoms with van der Waals surface area (Å²) < 4.78 is 188. The minimum absolute atomic E-state index is 0.0124. The highest BCUT2D eigenvalue weighted by molar-refractivity contribution is 7.92. The number of nitrogens with zero attached hydrogens (tertiary/aromatic N) is 5. The molecule has 0 bridgehead atoms. The Morgan fingerprint density at radius 2 is 1.28 bits per heavy atom. The lowest BCUT2D eigenvalue weighted by Gasteiger charge is -2.14. The molecule has 0 saturated heterocycles. The van der Waals surface area contributed by atoms with Gasteiger partial charge in [-0.1, -0.05) is 0 Å². The van der Waals surface area contributed by atoms with Crippen LogP contribution in [0.5, 0.6) is 5.75 Å². The van der Waals surface area contributed by atoms with E-state index < -0.39 is 156 Å². The van der Waals surface area contributed by atoms with Crippen LogP contribution in [0.4, 0.5) is 46.0 Å². The first-order valence-electron chi connectivity index (χ1n) is 17.8. The summed E-state index contributed by atoms with van der Waals surface area (Å²) in [5.74, 6) is -6.33. The SMILES string of the molecule is CC(=O)Nc1cc(Nc2nc(Cl)nc(Nc3cc(S(=O)(=O)CCOS(=O)(=O)O)cc(S(=O)(=O)O)c3O)n2)ccc1N=Nc1cc(S(=O)(=O)O)c(NC(=O)CCCS(=O)(=O)CCCl)cc1S(=O)(=O)O. The molecule has 2 amide bonds. The number of nitrogens with one attached hydrogen (secondary N) is 4. The van der Waals surface area contributed by atoms with Crippen molar-refractivity contribution < 1.29 is 87.6 Å². The van der Waals surface area contributed by atoms with Gasteiger partial charge in [0.25, 0.3) is 30.4 Å². The van der Waals surface area contributed by atoms with Crippen molar-refractivity contribution >= 4 is 141 Å². The Morgan fingerprint density at radius 1 is 0.676 bits per heavy atom. The molecule has 4 aromatic rings. The van der Waals surface area contributed by atoms with Crippen LogP contribution in [0, 0.1) is 0 Å². The smallest absolute Gasteiger partial charge is 0.397 e. The van der Waals surface area contributed by atoms with Gasteiger partial charge in [-0.3, -0.25) is 27.8 Å². The van der Waals surface area contributed by atoms with Gasteiger partial charge in [0.2, 0.25) is 29.0 Å². The number of carbonyl (C=O) groups is 2. The maximum atomic E-state index is 12.9. The number of sulfone groups is 2. The molecule has 0 aliphatic rings. The van der Waals surface area contributed by atoms with Crippen molar-refractivity contribution in [3.63, 3.8) is 0 Å². The van der Waals surface area contributed by atoms with Gasteiger partial charge in [-0.05, 0) is 60.5 Å². The lowest BCUT2D eigenvalue weighted by atomic mass is 10.2. The van der Waals surface area contributed by atoms with Crippen LogP contribution < -0.4 is 21.3 Å². The number of amides is 2. The summed E-state index contributed by atoms with van der Waals surface area (Å²) in [7, 11) is -29.4. The molecule has 4 rings (SSSR count). The van der Waals surface area contributed by atoms with Crippen molar-refractivity contribution in [2.45, 2.75) is 39.3 Å². The maximum absolute atomic E-state index is 12.9. The molecule has 0 saturated carbocycles. The number of alkyl halides is 1. The molecule has 0 radical (unpaired) electrons. The van der Waals surface area contributed by atoms with E-state index in [-0.39, 0.29) is 35.1 Å². The third-order valence-corrected chi connectivity index (χ3v) is 15.2. The summed E-state index contributed by atoms with van der Waals surface area (Å²) in [5, 5.41) is 26.9. The van der Waals surface area contributed by atoms with E-state index in [0.717, 1.165) is 19.1 Å². The van der Waals surface area contributed by atoms with Gasteiger partial charge in [0.15, 0.2) is 25.4 Å². The summed E-state index contributed by atoms with van der Waals surface area (Å²) in [5.41, 5.74) is -3.08. The minimum Gasteiger partial charge on any atom is -0.504 e. The number of hydrogen-bond donors (Lipinski definition) is 9. The topological polar surface area (TPSA) is 461 Å². The zero-order chi connectivity index (χ0) is 51.2. The molecule has 0 atom stereocenters. The molecule has 0 aliphatic carbocycles. The van der Waals surface area contributed by atoms with Gasteiger partial charge in [0.05, 0.1) is 45.8 Å². The van der Waals surface area contributed by atoms with Crippen LogP contribution in [0.15, 0.2) is 72.3 Å². The molecule has 1 aromatic heterocycles. The Morgan fingerprint density at radius 3 is 1.85 bits per heavy atom. The van der Waals surface area contributed by atoms with Crippen molar-refractivity contribution in [3.05, 3.63) is 47.7 Å². The number of anilines is 6. The Labute approximate surface area is 395 Å². The number of aromatic nitrogens is 3. The van der Waals surface area contributed by atoms with Gasteiger partial charge in [-0.25, -0.2) is 21.0 Å². The molecule has 29 nitrogen and oxygen atoms in total. The number of phenolic OH excluding ortho intramolecular Hbond substituents is 1. The average Bonchev–Trinajstić information content (AvgIpc) is 3.16. The predicted molar refractivity (Wildman–Crippen MR) is 237 cm³/mol. The molecule has 0 fully saturated rings. The van der Waals surface area contributed by atoms with Gasteiger partial charge in [0, 0.05) is 24.9 Å². The van der Waals surface area contributed by atoms with Crippen LogP contribution in [0.2, 0.25) is 5.28 Å². The monoisotopic (exact) mass is 1110 g/mol. The van der Waals surface area contributed by atoms with E-state index in [1.807, 2.05) is 5.32 Å². The van der Waals surface area contributed by atoms with Crippen LogP contribution in [0.25, 0.3) is 0 Å². The number of halogens is 2. The van der Waals surface area contributed by atoms with E-state index in [4.69, 9.17) is 27.8 Å². The van der Waals surface area contributed by atoms with Gasteiger partial charge in [0.1, 0.15) is 26.1 Å². The highest BCUT2D eigenvalue weighted by atomic mass is 35.5. The third-order valence-electron chi connectivity index (χ3n) is 8.09. The van der Waals surface area contributed by atoms with Gasteiger partial charge in [-0.2, -0.15) is 48.6 Å². The molecular weight excluding hydrogens is 1080 g/mol. The molecule has 0 spiro atoms. The van der Waals surface area contributed by atoms with E-state index >= 15 is 0 Å². The van der Waals surface area contributed by atoms with E-state index in [0.29, 0.717) is 24.3 Å². The zero-order valence-corrected chi connectivity index (χ0v) is 40.2. The fourth-order valence-corrected chi connectivity index (χ4v) is 10.7. The lowest BCUT2D eigenvalue weighted by Crippen LogP contribution is -2.18. The Balaban J connectivity index is 1.70. The van der Waals surface area contributed by atoms with Gasteiger partial charge < -0.3 is 26.4 Å². The first kappa shape index (κ1) is 55.3. The Hall–Kier alpha value is -5.31. The summed E-state index contributed by atoms with van der Waals surface area (Å²) >= 11 is 11.5. The molecule has 0 unspecified atom stereocenters. The third kappa shape index (κ3) is 16.2. The minimum atomic E-state index is -5.36. The van der Waals surface area contributed by atoms with Crippen LogP contribution in [0.3, 0.4) is 0 Å². The molecule has 9 N–H and O–H groups in total. The number of azo groups is 1. The second-order valence-corrected chi connectivity index (χ2v) is 23.6. The van der Waals surface area contributed by atoms with E-state index in [1.165, 1.54) is 6.07 Å². The molecule has 37 heteroatoms. The largest absolute Gasteiger partial charge is 0.504 e. The van der Waals surface area contributed by atoms with E-state index in [2.05, 4.69) is 45.3 Å². The highest BCUT2D eigenvalue weighted by Crippen LogP contribution is 2.38. The van der Waals surface area contributed by atoms with Crippen molar-refractivity contribution in [3.8, 4) is 5.75 Å².